The van der Waals surface area contributed by atoms with E-state index in [1.54, 1.807) is 0 Å². The Hall–Kier alpha value is -2.89. The minimum atomic E-state index is 0.0234. The van der Waals surface area contributed by atoms with E-state index < -0.39 is 0 Å². The molecule has 1 fully saturated rings. The molecule has 1 aliphatic rings. The maximum atomic E-state index is 12.2. The van der Waals surface area contributed by atoms with E-state index in [2.05, 4.69) is 29.1 Å². The lowest BCUT2D eigenvalue weighted by Gasteiger charge is -2.15. The van der Waals surface area contributed by atoms with Crippen LogP contribution in [-0.2, 0) is 4.79 Å². The molecule has 0 N–H and O–H groups in total. The van der Waals surface area contributed by atoms with Crippen molar-refractivity contribution < 1.29 is 9.53 Å². The van der Waals surface area contributed by atoms with Crippen molar-refractivity contribution in [1.82, 2.24) is 19.7 Å². The van der Waals surface area contributed by atoms with Crippen molar-refractivity contribution in [3.8, 4) is 11.6 Å². The first-order chi connectivity index (χ1) is 13.0. The molecule has 0 atom stereocenters. The lowest BCUT2D eigenvalue weighted by molar-refractivity contribution is -0.132. The predicted octanol–water partition coefficient (Wildman–Crippen LogP) is 3.35. The summed E-state index contributed by atoms with van der Waals surface area (Å²) in [5, 5.41) is 5.70. The first-order valence-corrected chi connectivity index (χ1v) is 9.37. The molecule has 4 rings (SSSR count). The molecule has 1 aromatic carbocycles. The SMILES string of the molecule is Cc1ccc(-n2nc(C)c3c(C)cc(OCC(=O)N4CCCC4)nc32)cc1. The minimum Gasteiger partial charge on any atom is -0.467 e. The fraction of sp³-hybridized carbons (Fsp3) is 0.381. The largest absolute Gasteiger partial charge is 0.467 e. The van der Waals surface area contributed by atoms with E-state index in [1.165, 1.54) is 5.56 Å². The molecular formula is C21H24N4O2. The van der Waals surface area contributed by atoms with E-state index in [-0.39, 0.29) is 12.5 Å². The van der Waals surface area contributed by atoms with Gasteiger partial charge in [-0.05, 0) is 51.3 Å². The molecule has 2 aromatic heterocycles. The molecule has 0 bridgehead atoms. The van der Waals surface area contributed by atoms with Crippen molar-refractivity contribution in [3.63, 3.8) is 0 Å². The molecule has 0 aliphatic carbocycles. The molecule has 3 heterocycles. The van der Waals surface area contributed by atoms with Gasteiger partial charge in [-0.1, -0.05) is 17.7 Å². The molecule has 140 valence electrons. The Morgan fingerprint density at radius 2 is 1.81 bits per heavy atom. The van der Waals surface area contributed by atoms with Crippen LogP contribution in [0.1, 0.15) is 29.7 Å². The Balaban J connectivity index is 1.66. The third kappa shape index (κ3) is 3.39. The number of ether oxygens (including phenoxy) is 1. The number of aryl methyl sites for hydroxylation is 3. The summed E-state index contributed by atoms with van der Waals surface area (Å²) in [7, 11) is 0. The highest BCUT2D eigenvalue weighted by molar-refractivity contribution is 5.84. The van der Waals surface area contributed by atoms with Crippen molar-refractivity contribution >= 4 is 16.9 Å². The third-order valence-corrected chi connectivity index (χ3v) is 5.07. The summed E-state index contributed by atoms with van der Waals surface area (Å²) in [5.41, 5.74) is 4.87. The van der Waals surface area contributed by atoms with E-state index in [1.807, 2.05) is 41.6 Å². The van der Waals surface area contributed by atoms with Crippen molar-refractivity contribution in [1.29, 1.82) is 0 Å². The van der Waals surface area contributed by atoms with Gasteiger partial charge in [-0.25, -0.2) is 4.68 Å². The van der Waals surface area contributed by atoms with Crippen LogP contribution in [0.4, 0.5) is 0 Å². The van der Waals surface area contributed by atoms with Crippen LogP contribution >= 0.6 is 0 Å². The second kappa shape index (κ2) is 7.02. The standard InChI is InChI=1S/C21H24N4O2/c1-14-6-8-17(9-7-14)25-21-20(16(3)23-25)15(2)12-18(22-21)27-13-19(26)24-10-4-5-11-24/h6-9,12H,4-5,10-11,13H2,1-3H3. The summed E-state index contributed by atoms with van der Waals surface area (Å²) in [6, 6.07) is 10.1. The number of rotatable bonds is 4. The minimum absolute atomic E-state index is 0.0234. The summed E-state index contributed by atoms with van der Waals surface area (Å²) in [6.45, 7) is 7.74. The van der Waals surface area contributed by atoms with Gasteiger partial charge in [-0.2, -0.15) is 10.1 Å². The van der Waals surface area contributed by atoms with Gasteiger partial charge in [0.2, 0.25) is 5.88 Å². The summed E-state index contributed by atoms with van der Waals surface area (Å²) in [5.74, 6) is 0.482. The van der Waals surface area contributed by atoms with Gasteiger partial charge in [-0.15, -0.1) is 0 Å². The molecule has 6 heteroatoms. The molecule has 0 unspecified atom stereocenters. The van der Waals surface area contributed by atoms with Crippen LogP contribution in [0.15, 0.2) is 30.3 Å². The molecule has 27 heavy (non-hydrogen) atoms. The van der Waals surface area contributed by atoms with Crippen LogP contribution < -0.4 is 4.74 Å². The fourth-order valence-corrected chi connectivity index (χ4v) is 3.61. The summed E-state index contributed by atoms with van der Waals surface area (Å²) in [4.78, 5) is 18.8. The Morgan fingerprint density at radius 1 is 1.11 bits per heavy atom. The van der Waals surface area contributed by atoms with Crippen LogP contribution in [0.5, 0.6) is 5.88 Å². The van der Waals surface area contributed by atoms with Crippen molar-refractivity contribution in [3.05, 3.63) is 47.2 Å². The Morgan fingerprint density at radius 3 is 2.52 bits per heavy atom. The summed E-state index contributed by atoms with van der Waals surface area (Å²) in [6.07, 6.45) is 2.15. The van der Waals surface area contributed by atoms with Crippen molar-refractivity contribution in [2.45, 2.75) is 33.6 Å². The number of hydrogen-bond donors (Lipinski definition) is 0. The number of fused-ring (bicyclic) bond motifs is 1. The molecule has 1 saturated heterocycles. The van der Waals surface area contributed by atoms with Crippen LogP contribution in [0.3, 0.4) is 0 Å². The highest BCUT2D eigenvalue weighted by atomic mass is 16.5. The molecule has 1 amide bonds. The predicted molar refractivity (Wildman–Crippen MR) is 104 cm³/mol. The van der Waals surface area contributed by atoms with Gasteiger partial charge >= 0.3 is 0 Å². The monoisotopic (exact) mass is 364 g/mol. The number of nitrogens with zero attached hydrogens (tertiary/aromatic N) is 4. The van der Waals surface area contributed by atoms with E-state index in [4.69, 9.17) is 4.74 Å². The van der Waals surface area contributed by atoms with Gasteiger partial charge in [0.1, 0.15) is 0 Å². The third-order valence-electron chi connectivity index (χ3n) is 5.07. The van der Waals surface area contributed by atoms with Gasteiger partial charge in [-0.3, -0.25) is 4.79 Å². The number of carbonyl (C=O) groups is 1. The fourth-order valence-electron chi connectivity index (χ4n) is 3.61. The zero-order chi connectivity index (χ0) is 19.0. The summed E-state index contributed by atoms with van der Waals surface area (Å²) < 4.78 is 7.58. The normalized spacial score (nSPS) is 14.1. The molecule has 0 saturated carbocycles. The first kappa shape index (κ1) is 17.5. The first-order valence-electron chi connectivity index (χ1n) is 9.37. The molecular weight excluding hydrogens is 340 g/mol. The van der Waals surface area contributed by atoms with Gasteiger partial charge < -0.3 is 9.64 Å². The lowest BCUT2D eigenvalue weighted by atomic mass is 10.1. The number of aromatic nitrogens is 3. The Labute approximate surface area is 158 Å². The molecule has 0 spiro atoms. The molecule has 1 aliphatic heterocycles. The maximum Gasteiger partial charge on any atom is 0.260 e. The van der Waals surface area contributed by atoms with E-state index >= 15 is 0 Å². The topological polar surface area (TPSA) is 60.3 Å². The highest BCUT2D eigenvalue weighted by Gasteiger charge is 2.19. The zero-order valence-electron chi connectivity index (χ0n) is 16.0. The van der Waals surface area contributed by atoms with E-state index in [0.717, 1.165) is 53.9 Å². The Bertz CT molecular complexity index is 986. The lowest BCUT2D eigenvalue weighted by Crippen LogP contribution is -2.32. The van der Waals surface area contributed by atoms with Crippen LogP contribution in [0.25, 0.3) is 16.7 Å². The number of likely N-dealkylation sites (tertiary alicyclic amines) is 1. The maximum absolute atomic E-state index is 12.2. The van der Waals surface area contributed by atoms with Gasteiger partial charge in [0.05, 0.1) is 11.4 Å². The number of hydrogen-bond acceptors (Lipinski definition) is 4. The van der Waals surface area contributed by atoms with Gasteiger partial charge in [0.25, 0.3) is 5.91 Å². The van der Waals surface area contributed by atoms with E-state index in [0.29, 0.717) is 5.88 Å². The Kier molecular flexibility index (Phi) is 4.56. The number of amides is 1. The van der Waals surface area contributed by atoms with Crippen molar-refractivity contribution in [2.24, 2.45) is 0 Å². The quantitative estimate of drug-likeness (QED) is 0.712. The summed E-state index contributed by atoms with van der Waals surface area (Å²) >= 11 is 0. The smallest absolute Gasteiger partial charge is 0.260 e. The number of benzene rings is 1. The molecule has 6 nitrogen and oxygen atoms in total. The molecule has 0 radical (unpaired) electrons. The average Bonchev–Trinajstić information content (AvgIpc) is 3.29. The zero-order valence-corrected chi connectivity index (χ0v) is 16.0. The van der Waals surface area contributed by atoms with Gasteiger partial charge in [0, 0.05) is 24.5 Å². The van der Waals surface area contributed by atoms with Crippen LogP contribution in [0.2, 0.25) is 0 Å². The molecule has 3 aromatic rings. The number of carbonyl (C=O) groups excluding carboxylic acids is 1. The van der Waals surface area contributed by atoms with Crippen molar-refractivity contribution in [2.75, 3.05) is 19.7 Å². The highest BCUT2D eigenvalue weighted by Crippen LogP contribution is 2.26. The average molecular weight is 364 g/mol. The van der Waals surface area contributed by atoms with Crippen LogP contribution in [-0.4, -0.2) is 45.3 Å². The van der Waals surface area contributed by atoms with Gasteiger partial charge in [0.15, 0.2) is 12.3 Å². The second-order valence-electron chi connectivity index (χ2n) is 7.19. The number of pyridine rings is 1. The second-order valence-corrected chi connectivity index (χ2v) is 7.19. The van der Waals surface area contributed by atoms with Crippen LogP contribution in [0, 0.1) is 20.8 Å². The van der Waals surface area contributed by atoms with E-state index in [9.17, 15) is 4.79 Å².